The number of halogens is 1. The van der Waals surface area contributed by atoms with Crippen LogP contribution in [0.25, 0.3) is 0 Å². The molecule has 4 heteroatoms. The molecule has 0 aliphatic carbocycles. The third-order valence-electron chi connectivity index (χ3n) is 2.60. The summed E-state index contributed by atoms with van der Waals surface area (Å²) in [7, 11) is 0. The van der Waals surface area contributed by atoms with E-state index in [0.29, 0.717) is 24.2 Å². The summed E-state index contributed by atoms with van der Waals surface area (Å²) in [5.74, 6) is -0.295. The Morgan fingerprint density at radius 2 is 2.19 bits per heavy atom. The van der Waals surface area contributed by atoms with E-state index in [2.05, 4.69) is 5.32 Å². The molecule has 0 fully saturated rings. The topological polar surface area (TPSA) is 58.3 Å². The normalized spacial score (nSPS) is 12.5. The molecule has 0 radical (unpaired) electrons. The Balaban J connectivity index is 2.57. The van der Waals surface area contributed by atoms with Crippen LogP contribution in [0, 0.1) is 12.7 Å². The van der Waals surface area contributed by atoms with Gasteiger partial charge in [-0.25, -0.2) is 4.39 Å². The maximum Gasteiger partial charge on any atom is 0.128 e. The first-order chi connectivity index (χ1) is 7.54. The van der Waals surface area contributed by atoms with Crippen LogP contribution in [0.5, 0.6) is 0 Å². The van der Waals surface area contributed by atoms with Gasteiger partial charge < -0.3 is 16.2 Å². The Labute approximate surface area is 95.5 Å². The van der Waals surface area contributed by atoms with Crippen molar-refractivity contribution >= 4 is 11.4 Å². The monoisotopic (exact) mass is 226 g/mol. The minimum atomic E-state index is -0.296. The zero-order chi connectivity index (χ0) is 12.1. The molecule has 0 heterocycles. The molecule has 1 aromatic rings. The molecule has 0 aliphatic rings. The van der Waals surface area contributed by atoms with Crippen molar-refractivity contribution in [2.24, 2.45) is 0 Å². The zero-order valence-electron chi connectivity index (χ0n) is 9.76. The predicted molar refractivity (Wildman–Crippen MR) is 65.0 cm³/mol. The van der Waals surface area contributed by atoms with Gasteiger partial charge in [0, 0.05) is 6.54 Å². The van der Waals surface area contributed by atoms with Crippen molar-refractivity contribution in [2.45, 2.75) is 32.8 Å². The third kappa shape index (κ3) is 3.38. The number of benzene rings is 1. The zero-order valence-corrected chi connectivity index (χ0v) is 9.76. The van der Waals surface area contributed by atoms with E-state index in [0.717, 1.165) is 12.1 Å². The van der Waals surface area contributed by atoms with Crippen LogP contribution >= 0.6 is 0 Å². The number of hydrogen-bond acceptors (Lipinski definition) is 3. The quantitative estimate of drug-likeness (QED) is 0.675. The van der Waals surface area contributed by atoms with Crippen LogP contribution in [-0.4, -0.2) is 17.8 Å². The van der Waals surface area contributed by atoms with Gasteiger partial charge in [-0.3, -0.25) is 0 Å². The van der Waals surface area contributed by atoms with Crippen molar-refractivity contribution in [3.05, 3.63) is 23.5 Å². The molecule has 1 unspecified atom stereocenters. The summed E-state index contributed by atoms with van der Waals surface area (Å²) in [4.78, 5) is 0. The predicted octanol–water partition coefficient (Wildman–Crippen LogP) is 2.29. The highest BCUT2D eigenvalue weighted by molar-refractivity contribution is 5.67. The fourth-order valence-corrected chi connectivity index (χ4v) is 1.43. The molecular weight excluding hydrogens is 207 g/mol. The lowest BCUT2D eigenvalue weighted by molar-refractivity contribution is 0.164. The highest BCUT2D eigenvalue weighted by atomic mass is 19.1. The fraction of sp³-hybridized carbons (Fsp3) is 0.500. The smallest absolute Gasteiger partial charge is 0.128 e. The molecule has 0 saturated heterocycles. The number of nitrogen functional groups attached to an aromatic ring is 1. The number of nitrogens with one attached hydrogen (secondary N) is 1. The summed E-state index contributed by atoms with van der Waals surface area (Å²) >= 11 is 0. The van der Waals surface area contributed by atoms with Crippen LogP contribution in [0.4, 0.5) is 15.8 Å². The average Bonchev–Trinajstić information content (AvgIpc) is 2.25. The van der Waals surface area contributed by atoms with E-state index >= 15 is 0 Å². The molecule has 1 aromatic carbocycles. The van der Waals surface area contributed by atoms with Crippen LogP contribution in [0.2, 0.25) is 0 Å². The van der Waals surface area contributed by atoms with E-state index in [9.17, 15) is 9.50 Å². The number of aliphatic hydroxyl groups excluding tert-OH is 1. The molecule has 0 aliphatic heterocycles. The van der Waals surface area contributed by atoms with Crippen molar-refractivity contribution in [2.75, 3.05) is 17.6 Å². The molecule has 1 rings (SSSR count). The number of aliphatic hydroxyl groups is 1. The lowest BCUT2D eigenvalue weighted by Crippen LogP contribution is -2.13. The van der Waals surface area contributed by atoms with Crippen LogP contribution < -0.4 is 11.1 Å². The molecule has 4 N–H and O–H groups in total. The number of aryl methyl sites for hydroxylation is 1. The fourth-order valence-electron chi connectivity index (χ4n) is 1.43. The summed E-state index contributed by atoms with van der Waals surface area (Å²) in [6, 6.07) is 3.00. The lowest BCUT2D eigenvalue weighted by Gasteiger charge is -2.12. The van der Waals surface area contributed by atoms with Crippen LogP contribution in [0.1, 0.15) is 25.3 Å². The molecule has 0 spiro atoms. The van der Waals surface area contributed by atoms with Gasteiger partial charge in [-0.15, -0.1) is 0 Å². The van der Waals surface area contributed by atoms with Gasteiger partial charge in [-0.05, 0) is 37.5 Å². The molecule has 0 amide bonds. The van der Waals surface area contributed by atoms with Gasteiger partial charge in [0.05, 0.1) is 17.5 Å². The first-order valence-electron chi connectivity index (χ1n) is 5.52. The van der Waals surface area contributed by atoms with Gasteiger partial charge in [0.25, 0.3) is 0 Å². The van der Waals surface area contributed by atoms with Crippen molar-refractivity contribution in [3.63, 3.8) is 0 Å². The molecular formula is C12H19FN2O. The summed E-state index contributed by atoms with van der Waals surface area (Å²) in [5, 5.41) is 12.5. The Morgan fingerprint density at radius 1 is 1.50 bits per heavy atom. The van der Waals surface area contributed by atoms with E-state index in [1.165, 1.54) is 6.07 Å². The van der Waals surface area contributed by atoms with E-state index in [1.807, 2.05) is 6.92 Å². The van der Waals surface area contributed by atoms with Gasteiger partial charge in [0.2, 0.25) is 0 Å². The molecule has 16 heavy (non-hydrogen) atoms. The molecule has 0 aromatic heterocycles. The number of hydrogen-bond donors (Lipinski definition) is 3. The second-order valence-corrected chi connectivity index (χ2v) is 3.97. The Hall–Kier alpha value is -1.29. The minimum absolute atomic E-state index is 0.295. The minimum Gasteiger partial charge on any atom is -0.397 e. The molecule has 3 nitrogen and oxygen atoms in total. The van der Waals surface area contributed by atoms with Gasteiger partial charge in [0.15, 0.2) is 0 Å². The maximum absolute atomic E-state index is 13.1. The number of nitrogens with two attached hydrogens (primary N) is 1. The summed E-state index contributed by atoms with van der Waals surface area (Å²) < 4.78 is 13.1. The first-order valence-corrected chi connectivity index (χ1v) is 5.52. The van der Waals surface area contributed by atoms with Crippen molar-refractivity contribution in [1.29, 1.82) is 0 Å². The van der Waals surface area contributed by atoms with Crippen LogP contribution in [0.3, 0.4) is 0 Å². The van der Waals surface area contributed by atoms with Crippen molar-refractivity contribution in [3.8, 4) is 0 Å². The second kappa shape index (κ2) is 5.70. The van der Waals surface area contributed by atoms with Crippen LogP contribution in [0.15, 0.2) is 12.1 Å². The summed E-state index contributed by atoms with van der Waals surface area (Å²) in [6.07, 6.45) is 1.10. The number of anilines is 2. The van der Waals surface area contributed by atoms with E-state index in [1.54, 1.807) is 13.0 Å². The average molecular weight is 226 g/mol. The Bertz CT molecular complexity index is 355. The highest BCUT2D eigenvalue weighted by Gasteiger charge is 2.05. The standard InChI is InChI=1S/C12H19FN2O/c1-3-9(16)4-5-15-12-6-8(2)10(13)7-11(12)14/h6-7,9,15-16H,3-5,14H2,1-2H3. The number of rotatable bonds is 5. The second-order valence-electron chi connectivity index (χ2n) is 3.97. The van der Waals surface area contributed by atoms with E-state index < -0.39 is 0 Å². The van der Waals surface area contributed by atoms with Gasteiger partial charge in [-0.1, -0.05) is 6.92 Å². The molecule has 1 atom stereocenters. The summed E-state index contributed by atoms with van der Waals surface area (Å²) in [5.41, 5.74) is 7.36. The molecule has 0 saturated carbocycles. The van der Waals surface area contributed by atoms with Gasteiger partial charge >= 0.3 is 0 Å². The SMILES string of the molecule is CCC(O)CCNc1cc(C)c(F)cc1N. The lowest BCUT2D eigenvalue weighted by atomic mass is 10.1. The molecule has 90 valence electrons. The van der Waals surface area contributed by atoms with Gasteiger partial charge in [-0.2, -0.15) is 0 Å². The maximum atomic E-state index is 13.1. The Morgan fingerprint density at radius 3 is 2.81 bits per heavy atom. The first kappa shape index (κ1) is 12.8. The third-order valence-corrected chi connectivity index (χ3v) is 2.60. The van der Waals surface area contributed by atoms with E-state index in [4.69, 9.17) is 5.73 Å². The van der Waals surface area contributed by atoms with Gasteiger partial charge in [0.1, 0.15) is 5.82 Å². The Kier molecular flexibility index (Phi) is 4.55. The van der Waals surface area contributed by atoms with Crippen LogP contribution in [-0.2, 0) is 0 Å². The van der Waals surface area contributed by atoms with E-state index in [-0.39, 0.29) is 11.9 Å². The highest BCUT2D eigenvalue weighted by Crippen LogP contribution is 2.22. The summed E-state index contributed by atoms with van der Waals surface area (Å²) in [6.45, 7) is 4.26. The van der Waals surface area contributed by atoms with Crippen molar-refractivity contribution < 1.29 is 9.50 Å². The molecule has 0 bridgehead atoms. The largest absolute Gasteiger partial charge is 0.397 e. The van der Waals surface area contributed by atoms with Crippen molar-refractivity contribution in [1.82, 2.24) is 0 Å².